The van der Waals surface area contributed by atoms with Crippen molar-refractivity contribution in [2.75, 3.05) is 0 Å². The number of hydrogen-bond donors (Lipinski definition) is 0. The van der Waals surface area contributed by atoms with Crippen LogP contribution in [0.25, 0.3) is 0 Å². The predicted octanol–water partition coefficient (Wildman–Crippen LogP) is 6.22. The molecule has 2 fully saturated rings. The summed E-state index contributed by atoms with van der Waals surface area (Å²) in [4.78, 5) is 0. The van der Waals surface area contributed by atoms with E-state index in [1.54, 1.807) is 5.57 Å². The minimum Gasteiger partial charge on any atom is -0.120 e. The van der Waals surface area contributed by atoms with Gasteiger partial charge in [0.1, 0.15) is 0 Å². The largest absolute Gasteiger partial charge is 0.120 e. The van der Waals surface area contributed by atoms with E-state index in [1.165, 1.54) is 44.9 Å². The fourth-order valence-corrected chi connectivity index (χ4v) is 6.46. The second-order valence-corrected chi connectivity index (χ2v) is 8.82. The van der Waals surface area contributed by atoms with E-state index in [4.69, 9.17) is 6.42 Å². The Morgan fingerprint density at radius 2 is 2.09 bits per heavy atom. The average molecular weight is 299 g/mol. The summed E-state index contributed by atoms with van der Waals surface area (Å²) in [6.45, 7) is 9.87. The number of hydrogen-bond acceptors (Lipinski definition) is 0. The number of terminal acetylenes is 1. The molecule has 0 heterocycles. The zero-order valence-electron chi connectivity index (χ0n) is 15.1. The fraction of sp³-hybridized carbons (Fsp3) is 0.818. The van der Waals surface area contributed by atoms with E-state index < -0.39 is 0 Å². The van der Waals surface area contributed by atoms with E-state index in [0.717, 1.165) is 24.2 Å². The third kappa shape index (κ3) is 2.19. The molecule has 0 aromatic carbocycles. The summed E-state index contributed by atoms with van der Waals surface area (Å²) in [6, 6.07) is 0. The zero-order chi connectivity index (χ0) is 16.0. The maximum Gasteiger partial charge on any atom is 0.0254 e. The van der Waals surface area contributed by atoms with Crippen molar-refractivity contribution in [1.82, 2.24) is 0 Å². The van der Waals surface area contributed by atoms with Crippen molar-refractivity contribution in [1.29, 1.82) is 0 Å². The van der Waals surface area contributed by atoms with Gasteiger partial charge >= 0.3 is 0 Å². The summed E-state index contributed by atoms with van der Waals surface area (Å²) < 4.78 is 0. The first-order valence-corrected chi connectivity index (χ1v) is 9.63. The molecule has 3 aliphatic rings. The molecule has 3 aliphatic carbocycles. The quantitative estimate of drug-likeness (QED) is 0.419. The van der Waals surface area contributed by atoms with Crippen LogP contribution in [0.5, 0.6) is 0 Å². The Balaban J connectivity index is 1.91. The molecular weight excluding hydrogens is 264 g/mol. The molecule has 0 amide bonds. The van der Waals surface area contributed by atoms with Gasteiger partial charge in [-0.25, -0.2) is 0 Å². The van der Waals surface area contributed by atoms with Crippen LogP contribution in [0.2, 0.25) is 0 Å². The molecule has 3 rings (SSSR count). The molecule has 122 valence electrons. The molecule has 22 heavy (non-hydrogen) atoms. The maximum absolute atomic E-state index is 5.90. The lowest BCUT2D eigenvalue weighted by Gasteiger charge is -2.58. The Kier molecular flexibility index (Phi) is 4.22. The fourth-order valence-electron chi connectivity index (χ4n) is 6.46. The van der Waals surface area contributed by atoms with Gasteiger partial charge in [0.25, 0.3) is 0 Å². The van der Waals surface area contributed by atoms with E-state index in [-0.39, 0.29) is 0 Å². The molecule has 0 bridgehead atoms. The summed E-state index contributed by atoms with van der Waals surface area (Å²) in [7, 11) is 0. The first-order chi connectivity index (χ1) is 10.5. The third-order valence-electron chi connectivity index (χ3n) is 8.18. The molecular formula is C22H34. The van der Waals surface area contributed by atoms with E-state index in [9.17, 15) is 0 Å². The molecule has 0 aliphatic heterocycles. The highest BCUT2D eigenvalue weighted by Crippen LogP contribution is 2.62. The van der Waals surface area contributed by atoms with E-state index >= 15 is 0 Å². The summed E-state index contributed by atoms with van der Waals surface area (Å²) >= 11 is 0. The molecule has 0 radical (unpaired) electrons. The van der Waals surface area contributed by atoms with Crippen molar-refractivity contribution in [3.63, 3.8) is 0 Å². The average Bonchev–Trinajstić information content (AvgIpc) is 2.51. The monoisotopic (exact) mass is 298 g/mol. The number of allylic oxidation sites excluding steroid dienone is 2. The number of fused-ring (bicyclic) bond motifs is 3. The molecule has 0 saturated heterocycles. The van der Waals surface area contributed by atoms with Crippen LogP contribution in [0.3, 0.4) is 0 Å². The Labute approximate surface area is 138 Å². The summed E-state index contributed by atoms with van der Waals surface area (Å²) in [5.74, 6) is 6.11. The molecule has 0 heteroatoms. The van der Waals surface area contributed by atoms with Gasteiger partial charge in [0, 0.05) is 5.92 Å². The van der Waals surface area contributed by atoms with Crippen LogP contribution in [0.4, 0.5) is 0 Å². The highest BCUT2D eigenvalue weighted by molar-refractivity contribution is 5.24. The molecule has 6 atom stereocenters. The van der Waals surface area contributed by atoms with Gasteiger partial charge in [-0.3, -0.25) is 0 Å². The van der Waals surface area contributed by atoms with Gasteiger partial charge in [0.05, 0.1) is 0 Å². The lowest BCUT2D eigenvalue weighted by Crippen LogP contribution is -2.50. The SMILES string of the molecule is C#CC(CC)C1(C)CCC2C(CC=C3CCCCC32C)C1C. The summed E-state index contributed by atoms with van der Waals surface area (Å²) in [5, 5.41) is 0. The lowest BCUT2D eigenvalue weighted by atomic mass is 9.46. The second-order valence-electron chi connectivity index (χ2n) is 8.82. The van der Waals surface area contributed by atoms with E-state index in [0.29, 0.717) is 16.7 Å². The Hall–Kier alpha value is -0.700. The normalized spacial score (nSPS) is 46.0. The van der Waals surface area contributed by atoms with Crippen LogP contribution in [0, 0.1) is 46.8 Å². The van der Waals surface area contributed by atoms with Gasteiger partial charge in [-0.1, -0.05) is 45.8 Å². The van der Waals surface area contributed by atoms with Crippen LogP contribution in [-0.4, -0.2) is 0 Å². The Morgan fingerprint density at radius 1 is 1.32 bits per heavy atom. The summed E-state index contributed by atoms with van der Waals surface area (Å²) in [6.07, 6.45) is 19.4. The van der Waals surface area contributed by atoms with Gasteiger partial charge < -0.3 is 0 Å². The Bertz CT molecular complexity index is 493. The van der Waals surface area contributed by atoms with Crippen LogP contribution in [-0.2, 0) is 0 Å². The van der Waals surface area contributed by atoms with E-state index in [1.807, 2.05) is 0 Å². The van der Waals surface area contributed by atoms with Crippen LogP contribution in [0.15, 0.2) is 11.6 Å². The minimum atomic E-state index is 0.348. The third-order valence-corrected chi connectivity index (χ3v) is 8.18. The van der Waals surface area contributed by atoms with Crippen LogP contribution < -0.4 is 0 Å². The smallest absolute Gasteiger partial charge is 0.0254 e. The van der Waals surface area contributed by atoms with Crippen LogP contribution >= 0.6 is 0 Å². The molecule has 6 unspecified atom stereocenters. The molecule has 0 aromatic heterocycles. The second kappa shape index (κ2) is 5.74. The van der Waals surface area contributed by atoms with Crippen molar-refractivity contribution in [2.45, 2.75) is 79.1 Å². The first kappa shape index (κ1) is 16.2. The predicted molar refractivity (Wildman–Crippen MR) is 95.4 cm³/mol. The van der Waals surface area contributed by atoms with Gasteiger partial charge in [-0.15, -0.1) is 12.3 Å². The molecule has 0 N–H and O–H groups in total. The number of rotatable bonds is 2. The first-order valence-electron chi connectivity index (χ1n) is 9.63. The van der Waals surface area contributed by atoms with Crippen molar-refractivity contribution in [2.24, 2.45) is 34.5 Å². The van der Waals surface area contributed by atoms with Gasteiger partial charge in [0.2, 0.25) is 0 Å². The molecule has 0 spiro atoms. The highest BCUT2D eigenvalue weighted by atomic mass is 14.6. The molecule has 2 saturated carbocycles. The Morgan fingerprint density at radius 3 is 2.77 bits per heavy atom. The summed E-state index contributed by atoms with van der Waals surface area (Å²) in [5.41, 5.74) is 2.66. The van der Waals surface area contributed by atoms with Gasteiger partial charge in [-0.2, -0.15) is 0 Å². The van der Waals surface area contributed by atoms with Gasteiger partial charge in [-0.05, 0) is 73.5 Å². The standard InChI is InChI=1S/C22H34/c1-6-17(7-2)21(4)15-13-20-19(16(21)3)12-11-18-10-8-9-14-22(18,20)5/h1,11,16-17,19-20H,7-10,12-15H2,2-5H3. The van der Waals surface area contributed by atoms with Crippen molar-refractivity contribution >= 4 is 0 Å². The zero-order valence-corrected chi connectivity index (χ0v) is 15.1. The topological polar surface area (TPSA) is 0 Å². The maximum atomic E-state index is 5.90. The molecule has 0 nitrogen and oxygen atoms in total. The van der Waals surface area contributed by atoms with Crippen molar-refractivity contribution in [3.8, 4) is 12.3 Å². The van der Waals surface area contributed by atoms with Crippen molar-refractivity contribution < 1.29 is 0 Å². The van der Waals surface area contributed by atoms with Crippen LogP contribution in [0.1, 0.15) is 79.1 Å². The van der Waals surface area contributed by atoms with Gasteiger partial charge in [0.15, 0.2) is 0 Å². The molecule has 0 aromatic rings. The highest BCUT2D eigenvalue weighted by Gasteiger charge is 2.54. The van der Waals surface area contributed by atoms with Crippen molar-refractivity contribution in [3.05, 3.63) is 11.6 Å². The lowest BCUT2D eigenvalue weighted by molar-refractivity contribution is -0.0514. The minimum absolute atomic E-state index is 0.348. The van der Waals surface area contributed by atoms with E-state index in [2.05, 4.69) is 39.7 Å².